The Bertz CT molecular complexity index is 854. The van der Waals surface area contributed by atoms with Crippen molar-refractivity contribution in [3.63, 3.8) is 0 Å². The molecule has 25 heavy (non-hydrogen) atoms. The molecule has 3 rings (SSSR count). The molecule has 0 radical (unpaired) electrons. The lowest BCUT2D eigenvalue weighted by Gasteiger charge is -2.04. The molecule has 2 amide bonds. The van der Waals surface area contributed by atoms with Gasteiger partial charge in [0.25, 0.3) is 5.91 Å². The monoisotopic (exact) mass is 338 g/mol. The molecule has 2 heterocycles. The zero-order chi connectivity index (χ0) is 17.6. The number of carbonyl (C=O) groups excluding carboxylic acids is 2. The molecule has 1 aromatic carbocycles. The van der Waals surface area contributed by atoms with Gasteiger partial charge in [-0.05, 0) is 17.7 Å². The van der Waals surface area contributed by atoms with Crippen molar-refractivity contribution in [2.45, 2.75) is 13.0 Å². The predicted octanol–water partition coefficient (Wildman–Crippen LogP) is 2.12. The number of rotatable bonds is 6. The molecule has 128 valence electrons. The largest absolute Gasteiger partial charge is 0.467 e. The topological polar surface area (TPSA) is 89.2 Å². The van der Waals surface area contributed by atoms with Crippen LogP contribution in [-0.2, 0) is 24.8 Å². The molecule has 0 bridgehead atoms. The Labute approximate surface area is 144 Å². The van der Waals surface area contributed by atoms with Crippen LogP contribution in [0.25, 0.3) is 0 Å². The number of amides is 2. The van der Waals surface area contributed by atoms with Crippen LogP contribution in [0, 0.1) is 0 Å². The summed E-state index contributed by atoms with van der Waals surface area (Å²) in [6.07, 6.45) is 1.80. The van der Waals surface area contributed by atoms with Gasteiger partial charge in [0.15, 0.2) is 5.69 Å². The van der Waals surface area contributed by atoms with Gasteiger partial charge in [0.1, 0.15) is 11.6 Å². The number of nitrogens with one attached hydrogen (secondary N) is 2. The number of carbonyl (C=O) groups is 2. The van der Waals surface area contributed by atoms with Crippen LogP contribution in [-0.4, -0.2) is 21.6 Å². The van der Waals surface area contributed by atoms with E-state index in [2.05, 4.69) is 15.7 Å². The number of nitrogens with zero attached hydrogens (tertiary/aromatic N) is 2. The minimum atomic E-state index is -0.337. The van der Waals surface area contributed by atoms with Crippen LogP contribution in [0.2, 0.25) is 0 Å². The number of aromatic nitrogens is 2. The maximum atomic E-state index is 12.1. The molecule has 7 heteroatoms. The van der Waals surface area contributed by atoms with Crippen molar-refractivity contribution in [2.75, 3.05) is 5.32 Å². The second kappa shape index (κ2) is 7.48. The van der Waals surface area contributed by atoms with E-state index in [1.807, 2.05) is 30.3 Å². The third-order valence-corrected chi connectivity index (χ3v) is 3.59. The summed E-state index contributed by atoms with van der Waals surface area (Å²) in [6, 6.07) is 14.5. The SMILES string of the molecule is Cn1nc(C(=O)NCc2ccco2)cc1NC(=O)Cc1ccccc1. The lowest BCUT2D eigenvalue weighted by Crippen LogP contribution is -2.23. The quantitative estimate of drug-likeness (QED) is 0.720. The first-order valence-electron chi connectivity index (χ1n) is 7.80. The van der Waals surface area contributed by atoms with Crippen molar-refractivity contribution in [3.05, 3.63) is 71.8 Å². The standard InChI is InChI=1S/C18H18N4O3/c1-22-16(20-17(23)10-13-6-3-2-4-7-13)11-15(21-22)18(24)19-12-14-8-5-9-25-14/h2-9,11H,10,12H2,1H3,(H,19,24)(H,20,23). The molecule has 2 N–H and O–H groups in total. The van der Waals surface area contributed by atoms with Gasteiger partial charge in [-0.2, -0.15) is 5.10 Å². The van der Waals surface area contributed by atoms with Gasteiger partial charge in [0.05, 0.1) is 19.2 Å². The fourth-order valence-corrected chi connectivity index (χ4v) is 2.33. The summed E-state index contributed by atoms with van der Waals surface area (Å²) in [4.78, 5) is 24.3. The molecule has 0 aliphatic rings. The van der Waals surface area contributed by atoms with E-state index >= 15 is 0 Å². The normalized spacial score (nSPS) is 10.4. The number of anilines is 1. The summed E-state index contributed by atoms with van der Waals surface area (Å²) >= 11 is 0. The van der Waals surface area contributed by atoms with Gasteiger partial charge >= 0.3 is 0 Å². The molecule has 0 unspecified atom stereocenters. The van der Waals surface area contributed by atoms with Gasteiger partial charge in [0.2, 0.25) is 5.91 Å². The molecule has 0 saturated carbocycles. The number of hydrogen-bond donors (Lipinski definition) is 2. The number of hydrogen-bond acceptors (Lipinski definition) is 4. The first-order chi connectivity index (χ1) is 12.1. The van der Waals surface area contributed by atoms with Crippen LogP contribution in [0.1, 0.15) is 21.8 Å². The van der Waals surface area contributed by atoms with Crippen LogP contribution in [0.15, 0.2) is 59.2 Å². The molecule has 0 atom stereocenters. The molecule has 0 spiro atoms. The van der Waals surface area contributed by atoms with Gasteiger partial charge in [-0.3, -0.25) is 14.3 Å². The highest BCUT2D eigenvalue weighted by atomic mass is 16.3. The van der Waals surface area contributed by atoms with Crippen LogP contribution >= 0.6 is 0 Å². The number of furan rings is 1. The Morgan fingerprint density at radius 1 is 1.16 bits per heavy atom. The molecule has 2 aromatic heterocycles. The summed E-state index contributed by atoms with van der Waals surface area (Å²) in [6.45, 7) is 0.276. The summed E-state index contributed by atoms with van der Waals surface area (Å²) in [5.74, 6) is 0.608. The highest BCUT2D eigenvalue weighted by Crippen LogP contribution is 2.11. The number of aryl methyl sites for hydroxylation is 1. The van der Waals surface area contributed by atoms with E-state index in [4.69, 9.17) is 4.42 Å². The third kappa shape index (κ3) is 4.35. The second-order valence-electron chi connectivity index (χ2n) is 5.51. The summed E-state index contributed by atoms with van der Waals surface area (Å²) in [5.41, 5.74) is 1.14. The van der Waals surface area contributed by atoms with E-state index in [1.165, 1.54) is 4.68 Å². The lowest BCUT2D eigenvalue weighted by molar-refractivity contribution is -0.115. The molecule has 3 aromatic rings. The summed E-state index contributed by atoms with van der Waals surface area (Å²) in [5, 5.41) is 9.61. The molecule has 0 aliphatic carbocycles. The van der Waals surface area contributed by atoms with Crippen LogP contribution < -0.4 is 10.6 Å². The fourth-order valence-electron chi connectivity index (χ4n) is 2.33. The second-order valence-corrected chi connectivity index (χ2v) is 5.51. The van der Waals surface area contributed by atoms with Crippen molar-refractivity contribution < 1.29 is 14.0 Å². The smallest absolute Gasteiger partial charge is 0.272 e. The van der Waals surface area contributed by atoms with E-state index in [1.54, 1.807) is 31.5 Å². The first kappa shape index (κ1) is 16.5. The average Bonchev–Trinajstić information content (AvgIpc) is 3.24. The van der Waals surface area contributed by atoms with Gasteiger partial charge in [-0.15, -0.1) is 0 Å². The zero-order valence-electron chi connectivity index (χ0n) is 13.7. The van der Waals surface area contributed by atoms with E-state index in [-0.39, 0.29) is 30.5 Å². The van der Waals surface area contributed by atoms with Crippen LogP contribution in [0.3, 0.4) is 0 Å². The minimum absolute atomic E-state index is 0.170. The molecule has 0 aliphatic heterocycles. The van der Waals surface area contributed by atoms with E-state index < -0.39 is 0 Å². The van der Waals surface area contributed by atoms with E-state index in [0.717, 1.165) is 5.56 Å². The Morgan fingerprint density at radius 3 is 2.68 bits per heavy atom. The molecule has 0 fully saturated rings. The maximum Gasteiger partial charge on any atom is 0.272 e. The lowest BCUT2D eigenvalue weighted by atomic mass is 10.1. The van der Waals surface area contributed by atoms with Crippen molar-refractivity contribution >= 4 is 17.6 Å². The molecular weight excluding hydrogens is 320 g/mol. The van der Waals surface area contributed by atoms with Crippen molar-refractivity contribution in [1.29, 1.82) is 0 Å². The summed E-state index contributed by atoms with van der Waals surface area (Å²) < 4.78 is 6.62. The Balaban J connectivity index is 1.59. The van der Waals surface area contributed by atoms with Gasteiger partial charge < -0.3 is 15.1 Å². The highest BCUT2D eigenvalue weighted by Gasteiger charge is 2.14. The van der Waals surface area contributed by atoms with Crippen molar-refractivity contribution in [3.8, 4) is 0 Å². The molecule has 7 nitrogen and oxygen atoms in total. The Morgan fingerprint density at radius 2 is 1.96 bits per heavy atom. The predicted molar refractivity (Wildman–Crippen MR) is 91.9 cm³/mol. The number of benzene rings is 1. The van der Waals surface area contributed by atoms with Crippen LogP contribution in [0.4, 0.5) is 5.82 Å². The maximum absolute atomic E-state index is 12.1. The fraction of sp³-hybridized carbons (Fsp3) is 0.167. The Kier molecular flexibility index (Phi) is 4.94. The average molecular weight is 338 g/mol. The Hall–Kier alpha value is -3.35. The molecular formula is C18H18N4O3. The summed E-state index contributed by atoms with van der Waals surface area (Å²) in [7, 11) is 1.67. The first-order valence-corrected chi connectivity index (χ1v) is 7.80. The van der Waals surface area contributed by atoms with Crippen molar-refractivity contribution in [2.24, 2.45) is 7.05 Å². The zero-order valence-corrected chi connectivity index (χ0v) is 13.7. The van der Waals surface area contributed by atoms with Gasteiger partial charge in [-0.25, -0.2) is 0 Å². The highest BCUT2D eigenvalue weighted by molar-refractivity contribution is 5.95. The van der Waals surface area contributed by atoms with E-state index in [0.29, 0.717) is 11.6 Å². The van der Waals surface area contributed by atoms with Crippen LogP contribution in [0.5, 0.6) is 0 Å². The van der Waals surface area contributed by atoms with Gasteiger partial charge in [-0.1, -0.05) is 30.3 Å². The molecule has 0 saturated heterocycles. The third-order valence-electron chi connectivity index (χ3n) is 3.59. The van der Waals surface area contributed by atoms with E-state index in [9.17, 15) is 9.59 Å². The van der Waals surface area contributed by atoms with Crippen molar-refractivity contribution in [1.82, 2.24) is 15.1 Å². The minimum Gasteiger partial charge on any atom is -0.467 e. The van der Waals surface area contributed by atoms with Gasteiger partial charge in [0, 0.05) is 13.1 Å².